The van der Waals surface area contributed by atoms with E-state index in [1.165, 1.54) is 10.3 Å². The Morgan fingerprint density at radius 3 is 2.83 bits per heavy atom. The van der Waals surface area contributed by atoms with Crippen LogP contribution in [-0.2, 0) is 11.2 Å². The maximum Gasteiger partial charge on any atom is 0.140 e. The summed E-state index contributed by atoms with van der Waals surface area (Å²) in [6.45, 7) is 5.59. The maximum absolute atomic E-state index is 5.38. The summed E-state index contributed by atoms with van der Waals surface area (Å²) in [5.41, 5.74) is 0. The van der Waals surface area contributed by atoms with E-state index in [4.69, 9.17) is 4.74 Å². The van der Waals surface area contributed by atoms with E-state index < -0.39 is 0 Å². The zero-order valence-corrected chi connectivity index (χ0v) is 11.9. The molecule has 4 nitrogen and oxygen atoms in total. The van der Waals surface area contributed by atoms with Gasteiger partial charge in [0.25, 0.3) is 0 Å². The van der Waals surface area contributed by atoms with Crippen LogP contribution < -0.4 is 4.90 Å². The fraction of sp³-hybridized carbons (Fsp3) is 0.500. The smallest absolute Gasteiger partial charge is 0.140 e. The molecule has 0 amide bonds. The summed E-state index contributed by atoms with van der Waals surface area (Å²) in [7, 11) is 0. The highest BCUT2D eigenvalue weighted by Gasteiger charge is 2.16. The number of aromatic nitrogens is 2. The Kier molecular flexibility index (Phi) is 4.37. The summed E-state index contributed by atoms with van der Waals surface area (Å²) in [4.78, 5) is 13.6. The molecule has 0 atom stereocenters. The van der Waals surface area contributed by atoms with E-state index in [-0.39, 0.29) is 12.4 Å². The van der Waals surface area contributed by atoms with Gasteiger partial charge in [0, 0.05) is 18.0 Å². The molecular formula is C12H16ClN3OS. The van der Waals surface area contributed by atoms with Crippen LogP contribution in [0.5, 0.6) is 0 Å². The van der Waals surface area contributed by atoms with E-state index in [1.54, 1.807) is 17.7 Å². The van der Waals surface area contributed by atoms with Gasteiger partial charge in [-0.05, 0) is 12.5 Å². The third kappa shape index (κ3) is 2.43. The third-order valence-electron chi connectivity index (χ3n) is 3.02. The summed E-state index contributed by atoms with van der Waals surface area (Å²) in [5, 5.41) is 1.19. The van der Waals surface area contributed by atoms with Crippen LogP contribution in [0, 0.1) is 0 Å². The number of halogens is 1. The molecule has 1 aliphatic rings. The summed E-state index contributed by atoms with van der Waals surface area (Å²) >= 11 is 1.77. The van der Waals surface area contributed by atoms with Gasteiger partial charge in [-0.15, -0.1) is 23.7 Å². The van der Waals surface area contributed by atoms with Gasteiger partial charge in [-0.3, -0.25) is 0 Å². The van der Waals surface area contributed by atoms with Crippen molar-refractivity contribution < 1.29 is 4.74 Å². The molecule has 0 spiro atoms. The highest BCUT2D eigenvalue weighted by atomic mass is 35.5. The van der Waals surface area contributed by atoms with Crippen molar-refractivity contribution in [3.8, 4) is 0 Å². The summed E-state index contributed by atoms with van der Waals surface area (Å²) in [6, 6.07) is 2.23. The van der Waals surface area contributed by atoms with E-state index in [1.807, 2.05) is 0 Å². The Bertz CT molecular complexity index is 525. The number of morpholine rings is 1. The van der Waals surface area contributed by atoms with Gasteiger partial charge in [0.2, 0.25) is 0 Å². The van der Waals surface area contributed by atoms with Crippen LogP contribution in [-0.4, -0.2) is 36.3 Å². The van der Waals surface area contributed by atoms with Crippen molar-refractivity contribution in [2.75, 3.05) is 31.2 Å². The number of hydrogen-bond acceptors (Lipinski definition) is 5. The van der Waals surface area contributed by atoms with Crippen LogP contribution in [0.2, 0.25) is 0 Å². The molecule has 98 valence electrons. The number of aryl methyl sites for hydroxylation is 1. The zero-order valence-electron chi connectivity index (χ0n) is 10.3. The first kappa shape index (κ1) is 13.5. The monoisotopic (exact) mass is 285 g/mol. The average molecular weight is 286 g/mol. The lowest BCUT2D eigenvalue weighted by Crippen LogP contribution is -2.36. The minimum atomic E-state index is 0. The van der Waals surface area contributed by atoms with E-state index in [9.17, 15) is 0 Å². The standard InChI is InChI=1S/C12H15N3OS.ClH/c1-2-9-7-10-11(13-8-14-12(10)17-9)15-3-5-16-6-4-15;/h7-8H,2-6H2,1H3;1H. The molecule has 1 saturated heterocycles. The van der Waals surface area contributed by atoms with E-state index >= 15 is 0 Å². The van der Waals surface area contributed by atoms with Crippen LogP contribution in [0.15, 0.2) is 12.4 Å². The largest absolute Gasteiger partial charge is 0.378 e. The lowest BCUT2D eigenvalue weighted by atomic mass is 10.3. The zero-order chi connectivity index (χ0) is 11.7. The first-order valence-electron chi connectivity index (χ1n) is 5.94. The topological polar surface area (TPSA) is 38.2 Å². The highest BCUT2D eigenvalue weighted by Crippen LogP contribution is 2.30. The van der Waals surface area contributed by atoms with Gasteiger partial charge in [0.05, 0.1) is 18.6 Å². The summed E-state index contributed by atoms with van der Waals surface area (Å²) in [6.07, 6.45) is 2.73. The fourth-order valence-corrected chi connectivity index (χ4v) is 3.02. The van der Waals surface area contributed by atoms with Gasteiger partial charge < -0.3 is 9.64 Å². The van der Waals surface area contributed by atoms with E-state index in [2.05, 4.69) is 27.9 Å². The number of anilines is 1. The van der Waals surface area contributed by atoms with Gasteiger partial charge in [-0.25, -0.2) is 9.97 Å². The molecule has 3 rings (SSSR count). The molecule has 0 N–H and O–H groups in total. The van der Waals surface area contributed by atoms with Crippen molar-refractivity contribution in [3.05, 3.63) is 17.3 Å². The van der Waals surface area contributed by atoms with E-state index in [0.717, 1.165) is 43.4 Å². The Hall–Kier alpha value is -0.910. The number of fused-ring (bicyclic) bond motifs is 1. The van der Waals surface area contributed by atoms with Gasteiger partial charge in [0.1, 0.15) is 17.0 Å². The summed E-state index contributed by atoms with van der Waals surface area (Å²) < 4.78 is 5.38. The molecule has 0 bridgehead atoms. The van der Waals surface area contributed by atoms with Gasteiger partial charge in [-0.2, -0.15) is 0 Å². The third-order valence-corrected chi connectivity index (χ3v) is 4.21. The molecular weight excluding hydrogens is 270 g/mol. The van der Waals surface area contributed by atoms with Gasteiger partial charge >= 0.3 is 0 Å². The normalized spacial score (nSPS) is 15.7. The summed E-state index contributed by atoms with van der Waals surface area (Å²) in [5.74, 6) is 1.06. The molecule has 1 aliphatic heterocycles. The Morgan fingerprint density at radius 2 is 2.11 bits per heavy atom. The van der Waals surface area contributed by atoms with Crippen LogP contribution in [0.4, 0.5) is 5.82 Å². The minimum absolute atomic E-state index is 0. The molecule has 0 unspecified atom stereocenters. The Balaban J connectivity index is 0.00000120. The number of hydrogen-bond donors (Lipinski definition) is 0. The van der Waals surface area contributed by atoms with Gasteiger partial charge in [0.15, 0.2) is 0 Å². The highest BCUT2D eigenvalue weighted by molar-refractivity contribution is 7.18. The maximum atomic E-state index is 5.38. The predicted molar refractivity (Wildman–Crippen MR) is 77.1 cm³/mol. The first-order chi connectivity index (χ1) is 8.38. The van der Waals surface area contributed by atoms with Crippen molar-refractivity contribution in [3.63, 3.8) is 0 Å². The lowest BCUT2D eigenvalue weighted by Gasteiger charge is -2.28. The average Bonchev–Trinajstić information content (AvgIpc) is 2.82. The van der Waals surface area contributed by atoms with Crippen LogP contribution in [0.25, 0.3) is 10.2 Å². The minimum Gasteiger partial charge on any atom is -0.378 e. The number of ether oxygens (including phenoxy) is 1. The van der Waals surface area contributed by atoms with Crippen molar-refractivity contribution >= 4 is 39.8 Å². The number of rotatable bonds is 2. The number of thiophene rings is 1. The fourth-order valence-electron chi connectivity index (χ4n) is 2.09. The van der Waals surface area contributed by atoms with Crippen LogP contribution in [0.1, 0.15) is 11.8 Å². The van der Waals surface area contributed by atoms with Crippen LogP contribution >= 0.6 is 23.7 Å². The molecule has 18 heavy (non-hydrogen) atoms. The molecule has 0 aliphatic carbocycles. The second-order valence-electron chi connectivity index (χ2n) is 4.08. The second-order valence-corrected chi connectivity index (χ2v) is 5.20. The quantitative estimate of drug-likeness (QED) is 0.850. The van der Waals surface area contributed by atoms with Crippen LogP contribution in [0.3, 0.4) is 0 Å². The van der Waals surface area contributed by atoms with E-state index in [0.29, 0.717) is 0 Å². The lowest BCUT2D eigenvalue weighted by molar-refractivity contribution is 0.122. The first-order valence-corrected chi connectivity index (χ1v) is 6.76. The Morgan fingerprint density at radius 1 is 1.33 bits per heavy atom. The molecule has 0 radical (unpaired) electrons. The molecule has 1 fully saturated rings. The molecule has 2 aromatic heterocycles. The van der Waals surface area contributed by atoms with Crippen molar-refractivity contribution in [1.82, 2.24) is 9.97 Å². The SMILES string of the molecule is CCc1cc2c(N3CCOCC3)ncnc2s1.Cl. The predicted octanol–water partition coefficient (Wildman–Crippen LogP) is 2.51. The second kappa shape index (κ2) is 5.82. The van der Waals surface area contributed by atoms with Gasteiger partial charge in [-0.1, -0.05) is 6.92 Å². The molecule has 6 heteroatoms. The molecule has 2 aromatic rings. The van der Waals surface area contributed by atoms with Crippen molar-refractivity contribution in [2.45, 2.75) is 13.3 Å². The van der Waals surface area contributed by atoms with Crippen molar-refractivity contribution in [1.29, 1.82) is 0 Å². The molecule has 0 aromatic carbocycles. The number of nitrogens with zero attached hydrogens (tertiary/aromatic N) is 3. The Labute approximate surface area is 116 Å². The van der Waals surface area contributed by atoms with Crippen molar-refractivity contribution in [2.24, 2.45) is 0 Å². The molecule has 0 saturated carbocycles. The molecule has 3 heterocycles.